The topological polar surface area (TPSA) is 41.6 Å². The molecular formula is C20H22Cl2N2O2. The van der Waals surface area contributed by atoms with Crippen LogP contribution in [0.25, 0.3) is 0 Å². The molecule has 0 saturated carbocycles. The summed E-state index contributed by atoms with van der Waals surface area (Å²) in [5.74, 6) is 0. The number of nitrogens with one attached hydrogen (secondary N) is 1. The van der Waals surface area contributed by atoms with Crippen molar-refractivity contribution in [2.24, 2.45) is 0 Å². The Balaban J connectivity index is 1.48. The third kappa shape index (κ3) is 5.37. The van der Waals surface area contributed by atoms with Crippen molar-refractivity contribution >= 4 is 29.2 Å². The summed E-state index contributed by atoms with van der Waals surface area (Å²) in [6, 6.07) is 15.6. The average Bonchev–Trinajstić information content (AvgIpc) is 2.65. The van der Waals surface area contributed by atoms with Crippen LogP contribution < -0.4 is 5.32 Å². The zero-order chi connectivity index (χ0) is 18.4. The maximum atomic E-state index is 12.4. The highest BCUT2D eigenvalue weighted by Gasteiger charge is 2.25. The predicted octanol–water partition coefficient (Wildman–Crippen LogP) is 4.71. The van der Waals surface area contributed by atoms with Gasteiger partial charge in [0.05, 0.1) is 13.2 Å². The van der Waals surface area contributed by atoms with Crippen molar-refractivity contribution in [1.29, 1.82) is 0 Å². The molecular weight excluding hydrogens is 371 g/mol. The van der Waals surface area contributed by atoms with E-state index in [9.17, 15) is 4.79 Å². The molecule has 1 aliphatic heterocycles. The lowest BCUT2D eigenvalue weighted by Gasteiger charge is -2.33. The number of nitrogens with zero attached hydrogens (tertiary/aromatic N) is 1. The van der Waals surface area contributed by atoms with E-state index in [0.717, 1.165) is 18.4 Å². The fraction of sp³-hybridized carbons (Fsp3) is 0.350. The molecule has 0 bridgehead atoms. The Morgan fingerprint density at radius 1 is 1.15 bits per heavy atom. The number of ether oxygens (including phenoxy) is 1. The molecule has 0 spiro atoms. The summed E-state index contributed by atoms with van der Waals surface area (Å²) in [6.07, 6.45) is 1.65. The van der Waals surface area contributed by atoms with E-state index in [1.54, 1.807) is 11.0 Å². The molecule has 2 amide bonds. The normalized spacial score (nSPS) is 17.2. The highest BCUT2D eigenvalue weighted by atomic mass is 35.5. The summed E-state index contributed by atoms with van der Waals surface area (Å²) < 4.78 is 5.80. The van der Waals surface area contributed by atoms with E-state index in [0.29, 0.717) is 36.3 Å². The van der Waals surface area contributed by atoms with Crippen molar-refractivity contribution in [2.45, 2.75) is 18.9 Å². The van der Waals surface area contributed by atoms with Crippen molar-refractivity contribution in [1.82, 2.24) is 10.2 Å². The van der Waals surface area contributed by atoms with Crippen LogP contribution in [0.4, 0.5) is 4.79 Å². The van der Waals surface area contributed by atoms with Gasteiger partial charge < -0.3 is 15.0 Å². The van der Waals surface area contributed by atoms with Crippen LogP contribution >= 0.6 is 23.2 Å². The molecule has 1 aliphatic rings. The van der Waals surface area contributed by atoms with Crippen LogP contribution in [0.5, 0.6) is 0 Å². The number of halogens is 2. The van der Waals surface area contributed by atoms with Crippen LogP contribution in [0.1, 0.15) is 23.7 Å². The first-order valence-electron chi connectivity index (χ1n) is 8.76. The van der Waals surface area contributed by atoms with Gasteiger partial charge in [-0.25, -0.2) is 4.79 Å². The molecule has 26 heavy (non-hydrogen) atoms. The Labute approximate surface area is 164 Å². The van der Waals surface area contributed by atoms with Gasteiger partial charge in [0.25, 0.3) is 0 Å². The minimum atomic E-state index is -0.213. The van der Waals surface area contributed by atoms with E-state index >= 15 is 0 Å². The zero-order valence-electron chi connectivity index (χ0n) is 14.5. The first-order valence-corrected chi connectivity index (χ1v) is 9.52. The molecule has 1 heterocycles. The van der Waals surface area contributed by atoms with Crippen molar-refractivity contribution in [2.75, 3.05) is 26.2 Å². The number of urea groups is 1. The summed E-state index contributed by atoms with van der Waals surface area (Å²) >= 11 is 12.1. The third-order valence-corrected chi connectivity index (χ3v) is 4.81. The SMILES string of the molecule is O=C(NCCCc1ccccc1)N1CCO[C@@H](c2cc(Cl)cc(Cl)c2)C1. The lowest BCUT2D eigenvalue weighted by molar-refractivity contribution is -0.0154. The molecule has 2 aromatic rings. The van der Waals surface area contributed by atoms with Gasteiger partial charge in [0.1, 0.15) is 6.10 Å². The van der Waals surface area contributed by atoms with Crippen molar-refractivity contribution in [3.05, 3.63) is 69.7 Å². The summed E-state index contributed by atoms with van der Waals surface area (Å²) in [5.41, 5.74) is 2.18. The first-order chi connectivity index (χ1) is 12.6. The number of morpholine rings is 1. The van der Waals surface area contributed by atoms with Crippen molar-refractivity contribution in [3.8, 4) is 0 Å². The number of rotatable bonds is 5. The van der Waals surface area contributed by atoms with Crippen LogP contribution in [-0.4, -0.2) is 37.2 Å². The second-order valence-electron chi connectivity index (χ2n) is 6.33. The van der Waals surface area contributed by atoms with Gasteiger partial charge in [0.2, 0.25) is 0 Å². The fourth-order valence-corrected chi connectivity index (χ4v) is 3.58. The van der Waals surface area contributed by atoms with E-state index in [1.807, 2.05) is 30.3 Å². The van der Waals surface area contributed by atoms with E-state index in [4.69, 9.17) is 27.9 Å². The molecule has 138 valence electrons. The van der Waals surface area contributed by atoms with E-state index in [-0.39, 0.29) is 12.1 Å². The van der Waals surface area contributed by atoms with Crippen LogP contribution in [0.2, 0.25) is 10.0 Å². The van der Waals surface area contributed by atoms with Gasteiger partial charge in [-0.2, -0.15) is 0 Å². The molecule has 1 fully saturated rings. The van der Waals surface area contributed by atoms with Crippen LogP contribution in [0.3, 0.4) is 0 Å². The summed E-state index contributed by atoms with van der Waals surface area (Å²) in [7, 11) is 0. The Bertz CT molecular complexity index is 720. The average molecular weight is 393 g/mol. The highest BCUT2D eigenvalue weighted by molar-refractivity contribution is 6.34. The maximum Gasteiger partial charge on any atom is 0.317 e. The number of hydrogen-bond acceptors (Lipinski definition) is 2. The van der Waals surface area contributed by atoms with Gasteiger partial charge in [-0.3, -0.25) is 0 Å². The molecule has 0 unspecified atom stereocenters. The highest BCUT2D eigenvalue weighted by Crippen LogP contribution is 2.28. The first kappa shape index (κ1) is 19.0. The molecule has 0 aliphatic carbocycles. The van der Waals surface area contributed by atoms with Gasteiger partial charge in [0.15, 0.2) is 0 Å². The van der Waals surface area contributed by atoms with Gasteiger partial charge >= 0.3 is 6.03 Å². The van der Waals surface area contributed by atoms with Crippen molar-refractivity contribution < 1.29 is 9.53 Å². The second-order valence-corrected chi connectivity index (χ2v) is 7.20. The largest absolute Gasteiger partial charge is 0.370 e. The standard InChI is InChI=1S/C20H22Cl2N2O2/c21-17-11-16(12-18(22)13-17)19-14-24(9-10-26-19)20(25)23-8-4-7-15-5-2-1-3-6-15/h1-3,5-6,11-13,19H,4,7-10,14H2,(H,23,25)/t19-/m1/s1. The predicted molar refractivity (Wildman–Crippen MR) is 105 cm³/mol. The van der Waals surface area contributed by atoms with Crippen LogP contribution in [-0.2, 0) is 11.2 Å². The third-order valence-electron chi connectivity index (χ3n) is 4.37. The smallest absolute Gasteiger partial charge is 0.317 e. The molecule has 1 saturated heterocycles. The molecule has 4 nitrogen and oxygen atoms in total. The summed E-state index contributed by atoms with van der Waals surface area (Å²) in [6.45, 7) is 2.21. The van der Waals surface area contributed by atoms with Gasteiger partial charge in [-0.1, -0.05) is 53.5 Å². The number of amides is 2. The lowest BCUT2D eigenvalue weighted by Crippen LogP contribution is -2.47. The van der Waals surface area contributed by atoms with E-state index in [2.05, 4.69) is 17.4 Å². The molecule has 2 aromatic carbocycles. The monoisotopic (exact) mass is 392 g/mol. The Morgan fingerprint density at radius 3 is 2.62 bits per heavy atom. The number of hydrogen-bond donors (Lipinski definition) is 1. The minimum absolute atomic E-state index is 0.0560. The van der Waals surface area contributed by atoms with Crippen LogP contribution in [0, 0.1) is 0 Å². The second kappa shape index (κ2) is 9.26. The van der Waals surface area contributed by atoms with Gasteiger partial charge in [-0.15, -0.1) is 0 Å². The van der Waals surface area contributed by atoms with Gasteiger partial charge in [-0.05, 0) is 42.2 Å². The number of carbonyl (C=O) groups is 1. The maximum absolute atomic E-state index is 12.4. The van der Waals surface area contributed by atoms with E-state index in [1.165, 1.54) is 5.56 Å². The Morgan fingerprint density at radius 2 is 1.88 bits per heavy atom. The Kier molecular flexibility index (Phi) is 6.78. The molecule has 0 radical (unpaired) electrons. The number of aryl methyl sites for hydroxylation is 1. The van der Waals surface area contributed by atoms with E-state index < -0.39 is 0 Å². The van der Waals surface area contributed by atoms with Crippen molar-refractivity contribution in [3.63, 3.8) is 0 Å². The van der Waals surface area contributed by atoms with Gasteiger partial charge in [0, 0.05) is 23.1 Å². The summed E-state index contributed by atoms with van der Waals surface area (Å²) in [4.78, 5) is 14.2. The lowest BCUT2D eigenvalue weighted by atomic mass is 10.1. The minimum Gasteiger partial charge on any atom is -0.370 e. The molecule has 1 atom stereocenters. The quantitative estimate of drug-likeness (QED) is 0.748. The summed E-state index contributed by atoms with van der Waals surface area (Å²) in [5, 5.41) is 4.13. The van der Waals surface area contributed by atoms with Crippen LogP contribution in [0.15, 0.2) is 48.5 Å². The molecule has 3 rings (SSSR count). The molecule has 0 aromatic heterocycles. The molecule has 6 heteroatoms. The number of benzene rings is 2. The molecule has 1 N–H and O–H groups in total. The Hall–Kier alpha value is -1.75. The zero-order valence-corrected chi connectivity index (χ0v) is 16.0. The number of carbonyl (C=O) groups excluding carboxylic acids is 1. The fourth-order valence-electron chi connectivity index (χ4n) is 3.04.